The molecule has 0 saturated carbocycles. The number of hydrogen-bond donors (Lipinski definition) is 1. The zero-order valence-electron chi connectivity index (χ0n) is 11.3. The zero-order valence-corrected chi connectivity index (χ0v) is 12.8. The quantitative estimate of drug-likeness (QED) is 0.914. The number of nitrogens with one attached hydrogen (secondary N) is 1. The molecule has 21 heavy (non-hydrogen) atoms. The Morgan fingerprint density at radius 1 is 1.24 bits per heavy atom. The van der Waals surface area contributed by atoms with Gasteiger partial charge in [-0.15, -0.1) is 0 Å². The highest BCUT2D eigenvalue weighted by molar-refractivity contribution is 6.34. The van der Waals surface area contributed by atoms with Crippen LogP contribution in [-0.2, 0) is 11.3 Å². The number of amides is 1. The monoisotopic (exact) mass is 336 g/mol. The molecule has 2 rings (SSSR count). The smallest absolute Gasteiger partial charge is 0.315 e. The largest absolute Gasteiger partial charge is 0.348 e. The molecule has 1 aromatic carbocycles. The van der Waals surface area contributed by atoms with Crippen LogP contribution in [-0.4, -0.2) is 36.4 Å². The predicted octanol–water partition coefficient (Wildman–Crippen LogP) is 3.34. The average Bonchev–Trinajstić information content (AvgIpc) is 2.39. The first kappa shape index (κ1) is 16.5. The van der Waals surface area contributed by atoms with Gasteiger partial charge in [-0.25, -0.2) is 0 Å². The van der Waals surface area contributed by atoms with Crippen LogP contribution in [0.25, 0.3) is 0 Å². The Balaban J connectivity index is 1.82. The molecular weight excluding hydrogens is 321 g/mol. The molecule has 1 saturated heterocycles. The van der Waals surface area contributed by atoms with E-state index in [1.54, 1.807) is 6.07 Å². The number of nitrogens with zero attached hydrogens (tertiary/aromatic N) is 1. The summed E-state index contributed by atoms with van der Waals surface area (Å²) >= 11 is 11.9. The van der Waals surface area contributed by atoms with E-state index in [0.717, 1.165) is 18.7 Å². The van der Waals surface area contributed by atoms with Gasteiger partial charge in [0, 0.05) is 35.7 Å². The number of likely N-dealkylation sites (tertiary alicyclic amines) is 1. The van der Waals surface area contributed by atoms with Crippen LogP contribution < -0.4 is 5.32 Å². The van der Waals surface area contributed by atoms with E-state index in [1.807, 2.05) is 12.1 Å². The van der Waals surface area contributed by atoms with E-state index < -0.39 is 12.3 Å². The Bertz CT molecular complexity index is 485. The molecule has 1 fully saturated rings. The Labute approximate surface area is 132 Å². The van der Waals surface area contributed by atoms with Crippen LogP contribution in [0.15, 0.2) is 18.2 Å². The Morgan fingerprint density at radius 2 is 1.81 bits per heavy atom. The van der Waals surface area contributed by atoms with Crippen molar-refractivity contribution in [3.8, 4) is 0 Å². The molecule has 1 N–H and O–H groups in total. The maximum absolute atomic E-state index is 12.2. The molecule has 1 aliphatic heterocycles. The summed E-state index contributed by atoms with van der Waals surface area (Å²) in [6.45, 7) is 2.17. The maximum Gasteiger partial charge on any atom is 0.315 e. The van der Waals surface area contributed by atoms with E-state index in [0.29, 0.717) is 29.4 Å². The van der Waals surface area contributed by atoms with E-state index in [1.165, 1.54) is 0 Å². The fourth-order valence-electron chi connectivity index (χ4n) is 2.46. The van der Waals surface area contributed by atoms with E-state index in [4.69, 9.17) is 23.2 Å². The molecule has 0 radical (unpaired) electrons. The number of benzene rings is 1. The topological polar surface area (TPSA) is 32.3 Å². The number of rotatable bonds is 4. The van der Waals surface area contributed by atoms with Crippen LogP contribution in [0.4, 0.5) is 8.78 Å². The van der Waals surface area contributed by atoms with Gasteiger partial charge < -0.3 is 5.32 Å². The molecule has 1 aromatic rings. The van der Waals surface area contributed by atoms with Crippen LogP contribution >= 0.6 is 23.2 Å². The van der Waals surface area contributed by atoms with Crippen molar-refractivity contribution in [1.82, 2.24) is 10.2 Å². The molecular formula is C14H16Cl2F2N2O. The van der Waals surface area contributed by atoms with Gasteiger partial charge in [-0.05, 0) is 36.6 Å². The highest BCUT2D eigenvalue weighted by atomic mass is 35.5. The number of halogens is 4. The molecule has 0 unspecified atom stereocenters. The first-order valence-electron chi connectivity index (χ1n) is 6.70. The second-order valence-electron chi connectivity index (χ2n) is 5.14. The molecule has 0 spiro atoms. The normalized spacial score (nSPS) is 17.2. The van der Waals surface area contributed by atoms with E-state index in [9.17, 15) is 13.6 Å². The number of hydrogen-bond acceptors (Lipinski definition) is 2. The number of alkyl halides is 2. The summed E-state index contributed by atoms with van der Waals surface area (Å²) in [5, 5.41) is 3.55. The van der Waals surface area contributed by atoms with Gasteiger partial charge in [-0.2, -0.15) is 8.78 Å². The Hall–Kier alpha value is -0.910. The molecule has 116 valence electrons. The van der Waals surface area contributed by atoms with Crippen molar-refractivity contribution in [1.29, 1.82) is 0 Å². The van der Waals surface area contributed by atoms with Gasteiger partial charge in [0.1, 0.15) is 0 Å². The van der Waals surface area contributed by atoms with E-state index in [-0.39, 0.29) is 6.04 Å². The van der Waals surface area contributed by atoms with E-state index in [2.05, 4.69) is 10.2 Å². The van der Waals surface area contributed by atoms with Gasteiger partial charge in [0.2, 0.25) is 0 Å². The molecule has 7 heteroatoms. The molecule has 0 aromatic heterocycles. The minimum absolute atomic E-state index is 0.175. The lowest BCUT2D eigenvalue weighted by atomic mass is 10.0. The van der Waals surface area contributed by atoms with Crippen molar-refractivity contribution in [2.24, 2.45) is 0 Å². The third-order valence-corrected chi connectivity index (χ3v) is 3.90. The second-order valence-corrected chi connectivity index (χ2v) is 6.01. The molecule has 0 atom stereocenters. The molecule has 3 nitrogen and oxygen atoms in total. The zero-order chi connectivity index (χ0) is 15.4. The van der Waals surface area contributed by atoms with Crippen molar-refractivity contribution in [2.75, 3.05) is 13.1 Å². The molecule has 1 amide bonds. The van der Waals surface area contributed by atoms with Crippen molar-refractivity contribution in [2.45, 2.75) is 31.9 Å². The van der Waals surface area contributed by atoms with E-state index >= 15 is 0 Å². The van der Waals surface area contributed by atoms with Crippen molar-refractivity contribution >= 4 is 29.1 Å². The predicted molar refractivity (Wildman–Crippen MR) is 78.9 cm³/mol. The lowest BCUT2D eigenvalue weighted by Gasteiger charge is -2.32. The third kappa shape index (κ3) is 5.09. The summed E-state index contributed by atoms with van der Waals surface area (Å²) < 4.78 is 24.4. The molecule has 1 aliphatic rings. The lowest BCUT2D eigenvalue weighted by Crippen LogP contribution is -2.46. The summed E-state index contributed by atoms with van der Waals surface area (Å²) in [5.74, 6) is -1.19. The van der Waals surface area contributed by atoms with Crippen LogP contribution in [0.3, 0.4) is 0 Å². The fourth-order valence-corrected chi connectivity index (χ4v) is 3.03. The van der Waals surface area contributed by atoms with Gasteiger partial charge in [0.05, 0.1) is 0 Å². The van der Waals surface area contributed by atoms with Crippen molar-refractivity contribution in [3.63, 3.8) is 0 Å². The number of carbonyl (C=O) groups is 1. The van der Waals surface area contributed by atoms with Gasteiger partial charge in [-0.3, -0.25) is 9.69 Å². The first-order chi connectivity index (χ1) is 9.94. The minimum atomic E-state index is -2.95. The minimum Gasteiger partial charge on any atom is -0.348 e. The van der Waals surface area contributed by atoms with Crippen LogP contribution in [0.1, 0.15) is 18.4 Å². The summed E-state index contributed by atoms with van der Waals surface area (Å²) in [6, 6.07) is 5.22. The lowest BCUT2D eigenvalue weighted by molar-refractivity contribution is -0.132. The third-order valence-electron chi connectivity index (χ3n) is 3.46. The summed E-state index contributed by atoms with van der Waals surface area (Å²) in [5.41, 5.74) is 1.02. The van der Waals surface area contributed by atoms with Gasteiger partial charge in [-0.1, -0.05) is 23.2 Å². The maximum atomic E-state index is 12.2. The molecule has 1 heterocycles. The van der Waals surface area contributed by atoms with Crippen LogP contribution in [0.2, 0.25) is 10.0 Å². The van der Waals surface area contributed by atoms with Gasteiger partial charge >= 0.3 is 6.43 Å². The average molecular weight is 337 g/mol. The highest BCUT2D eigenvalue weighted by Gasteiger charge is 2.24. The Kier molecular flexibility index (Phi) is 5.79. The second kappa shape index (κ2) is 7.38. The van der Waals surface area contributed by atoms with Gasteiger partial charge in [0.25, 0.3) is 5.91 Å². The van der Waals surface area contributed by atoms with Crippen LogP contribution in [0, 0.1) is 0 Å². The summed E-state index contributed by atoms with van der Waals surface area (Å²) in [4.78, 5) is 13.1. The fraction of sp³-hybridized carbons (Fsp3) is 0.500. The highest BCUT2D eigenvalue weighted by Crippen LogP contribution is 2.21. The van der Waals surface area contributed by atoms with Crippen molar-refractivity contribution in [3.05, 3.63) is 33.8 Å². The molecule has 0 bridgehead atoms. The summed E-state index contributed by atoms with van der Waals surface area (Å²) in [6.07, 6.45) is -1.63. The van der Waals surface area contributed by atoms with Crippen LogP contribution in [0.5, 0.6) is 0 Å². The summed E-state index contributed by atoms with van der Waals surface area (Å²) in [7, 11) is 0. The Morgan fingerprint density at radius 3 is 2.33 bits per heavy atom. The van der Waals surface area contributed by atoms with Gasteiger partial charge in [0.15, 0.2) is 0 Å². The first-order valence-corrected chi connectivity index (χ1v) is 7.45. The number of carbonyl (C=O) groups excluding carboxylic acids is 1. The standard InChI is InChI=1S/C14H16Cl2F2N2O/c15-10-5-9(6-11(16)7-10)8-20-3-1-12(2-4-20)19-14(21)13(17)18/h5-7,12-13H,1-4,8H2,(H,19,21). The molecule has 0 aliphatic carbocycles. The van der Waals surface area contributed by atoms with Crippen molar-refractivity contribution < 1.29 is 13.6 Å². The number of piperidine rings is 1. The SMILES string of the molecule is O=C(NC1CCN(Cc2cc(Cl)cc(Cl)c2)CC1)C(F)F.